The first kappa shape index (κ1) is 19.9. The van der Waals surface area contributed by atoms with Crippen LogP contribution in [0.2, 0.25) is 0 Å². The summed E-state index contributed by atoms with van der Waals surface area (Å²) in [6.07, 6.45) is 3.32. The van der Waals surface area contributed by atoms with Crippen LogP contribution >= 0.6 is 0 Å². The van der Waals surface area contributed by atoms with Crippen molar-refractivity contribution in [1.29, 1.82) is 0 Å². The predicted molar refractivity (Wildman–Crippen MR) is 97.1 cm³/mol. The molecule has 1 aromatic rings. The molecule has 0 saturated heterocycles. The minimum Gasteiger partial charge on any atom is -0.480 e. The SMILES string of the molecule is CN(C)C(c1ccccc1)C1CCC(NC(=O)C(C(N)=O)C(=O)O)CC1. The lowest BCUT2D eigenvalue weighted by molar-refractivity contribution is -0.151. The molecule has 1 aliphatic carbocycles. The summed E-state index contributed by atoms with van der Waals surface area (Å²) in [6, 6.07) is 10.5. The Labute approximate surface area is 153 Å². The van der Waals surface area contributed by atoms with Crippen LogP contribution in [0.5, 0.6) is 0 Å². The van der Waals surface area contributed by atoms with Gasteiger partial charge in [-0.15, -0.1) is 0 Å². The van der Waals surface area contributed by atoms with E-state index in [0.29, 0.717) is 12.0 Å². The van der Waals surface area contributed by atoms with Crippen molar-refractivity contribution >= 4 is 17.8 Å². The van der Waals surface area contributed by atoms with Gasteiger partial charge in [0.15, 0.2) is 0 Å². The molecule has 0 heterocycles. The van der Waals surface area contributed by atoms with Gasteiger partial charge in [-0.3, -0.25) is 14.4 Å². The lowest BCUT2D eigenvalue weighted by atomic mass is 9.78. The van der Waals surface area contributed by atoms with Gasteiger partial charge in [-0.1, -0.05) is 30.3 Å². The van der Waals surface area contributed by atoms with Gasteiger partial charge in [-0.05, 0) is 51.3 Å². The molecular weight excluding hydrogens is 334 g/mol. The molecule has 142 valence electrons. The molecule has 1 saturated carbocycles. The molecule has 0 bridgehead atoms. The van der Waals surface area contributed by atoms with Gasteiger partial charge in [-0.25, -0.2) is 0 Å². The van der Waals surface area contributed by atoms with Crippen LogP contribution in [-0.2, 0) is 14.4 Å². The van der Waals surface area contributed by atoms with Gasteiger partial charge in [0.2, 0.25) is 17.7 Å². The molecule has 2 atom stereocenters. The van der Waals surface area contributed by atoms with Crippen LogP contribution in [0.4, 0.5) is 0 Å². The van der Waals surface area contributed by atoms with Crippen LogP contribution in [0, 0.1) is 11.8 Å². The molecule has 4 N–H and O–H groups in total. The molecule has 2 unspecified atom stereocenters. The largest absolute Gasteiger partial charge is 0.480 e. The molecule has 2 rings (SSSR count). The standard InChI is InChI=1S/C19H27N3O4/c1-22(2)16(12-6-4-3-5-7-12)13-8-10-14(11-9-13)21-18(24)15(17(20)23)19(25)26/h3-7,13-16H,8-11H2,1-2H3,(H2,20,23)(H,21,24)(H,25,26). The molecule has 0 spiro atoms. The van der Waals surface area contributed by atoms with Crippen molar-refractivity contribution in [3.8, 4) is 0 Å². The molecule has 0 radical (unpaired) electrons. The highest BCUT2D eigenvalue weighted by molar-refractivity contribution is 6.14. The first-order valence-electron chi connectivity index (χ1n) is 8.85. The maximum absolute atomic E-state index is 12.0. The minimum atomic E-state index is -1.83. The van der Waals surface area contributed by atoms with Crippen molar-refractivity contribution in [3.63, 3.8) is 0 Å². The third kappa shape index (κ3) is 4.82. The number of aliphatic carboxylic acids is 1. The van der Waals surface area contributed by atoms with E-state index in [9.17, 15) is 14.4 Å². The van der Waals surface area contributed by atoms with Gasteiger partial charge >= 0.3 is 5.97 Å². The van der Waals surface area contributed by atoms with E-state index < -0.39 is 23.7 Å². The van der Waals surface area contributed by atoms with E-state index >= 15 is 0 Å². The summed E-state index contributed by atoms with van der Waals surface area (Å²) in [5.41, 5.74) is 6.29. The Balaban J connectivity index is 1.96. The molecular formula is C19H27N3O4. The predicted octanol–water partition coefficient (Wildman–Crippen LogP) is 1.15. The summed E-state index contributed by atoms with van der Waals surface area (Å²) in [6.45, 7) is 0. The average molecular weight is 361 g/mol. The lowest BCUT2D eigenvalue weighted by Gasteiger charge is -2.38. The van der Waals surface area contributed by atoms with Crippen LogP contribution in [-0.4, -0.2) is 47.9 Å². The third-order valence-corrected chi connectivity index (χ3v) is 5.06. The summed E-state index contributed by atoms with van der Waals surface area (Å²) in [7, 11) is 4.13. The van der Waals surface area contributed by atoms with Crippen LogP contribution in [0.1, 0.15) is 37.3 Å². The lowest BCUT2D eigenvalue weighted by Crippen LogP contribution is -2.48. The monoisotopic (exact) mass is 361 g/mol. The van der Waals surface area contributed by atoms with Crippen LogP contribution < -0.4 is 11.1 Å². The first-order chi connectivity index (χ1) is 12.3. The van der Waals surface area contributed by atoms with Gasteiger partial charge in [0.05, 0.1) is 0 Å². The Hall–Kier alpha value is -2.41. The fourth-order valence-electron chi connectivity index (χ4n) is 3.87. The van der Waals surface area contributed by atoms with Gasteiger partial charge in [0.25, 0.3) is 0 Å². The number of carbonyl (C=O) groups excluding carboxylic acids is 2. The first-order valence-corrected chi connectivity index (χ1v) is 8.85. The number of amides is 2. The number of hydrogen-bond acceptors (Lipinski definition) is 4. The number of hydrogen-bond donors (Lipinski definition) is 3. The number of carbonyl (C=O) groups is 3. The van der Waals surface area contributed by atoms with Crippen LogP contribution in [0.15, 0.2) is 30.3 Å². The second kappa shape index (κ2) is 8.80. The molecule has 0 aliphatic heterocycles. The fraction of sp³-hybridized carbons (Fsp3) is 0.526. The second-order valence-corrected chi connectivity index (χ2v) is 7.11. The minimum absolute atomic E-state index is 0.126. The van der Waals surface area contributed by atoms with E-state index in [1.54, 1.807) is 0 Å². The zero-order chi connectivity index (χ0) is 19.3. The summed E-state index contributed by atoms with van der Waals surface area (Å²) in [4.78, 5) is 36.5. The van der Waals surface area contributed by atoms with Crippen molar-refractivity contribution in [2.75, 3.05) is 14.1 Å². The molecule has 1 aliphatic rings. The quantitative estimate of drug-likeness (QED) is 0.631. The second-order valence-electron chi connectivity index (χ2n) is 7.11. The smallest absolute Gasteiger partial charge is 0.325 e. The Morgan fingerprint density at radius 2 is 1.69 bits per heavy atom. The summed E-state index contributed by atoms with van der Waals surface area (Å²) in [5.74, 6) is -4.85. The maximum atomic E-state index is 12.0. The topological polar surface area (TPSA) is 113 Å². The third-order valence-electron chi connectivity index (χ3n) is 5.06. The zero-order valence-corrected chi connectivity index (χ0v) is 15.2. The number of primary amides is 1. The van der Waals surface area contributed by atoms with Crippen molar-refractivity contribution in [2.24, 2.45) is 17.6 Å². The van der Waals surface area contributed by atoms with Gasteiger partial charge < -0.3 is 21.1 Å². The van der Waals surface area contributed by atoms with Gasteiger partial charge in [-0.2, -0.15) is 0 Å². The molecule has 7 nitrogen and oxygen atoms in total. The molecule has 1 fully saturated rings. The molecule has 2 amide bonds. The van der Waals surface area contributed by atoms with E-state index in [-0.39, 0.29) is 6.04 Å². The average Bonchev–Trinajstić information content (AvgIpc) is 2.56. The Kier molecular flexibility index (Phi) is 6.74. The molecule has 26 heavy (non-hydrogen) atoms. The molecule has 1 aromatic carbocycles. The number of nitrogens with zero attached hydrogens (tertiary/aromatic N) is 1. The van der Waals surface area contributed by atoms with Crippen LogP contribution in [0.25, 0.3) is 0 Å². The highest BCUT2D eigenvalue weighted by Gasteiger charge is 2.35. The number of benzene rings is 1. The zero-order valence-electron chi connectivity index (χ0n) is 15.2. The van der Waals surface area contributed by atoms with Gasteiger partial charge in [0, 0.05) is 12.1 Å². The highest BCUT2D eigenvalue weighted by Crippen LogP contribution is 2.37. The highest BCUT2D eigenvalue weighted by atomic mass is 16.4. The van der Waals surface area contributed by atoms with E-state index in [1.165, 1.54) is 5.56 Å². The number of nitrogens with one attached hydrogen (secondary N) is 1. The number of nitrogens with two attached hydrogens (primary N) is 1. The van der Waals surface area contributed by atoms with Crippen LogP contribution in [0.3, 0.4) is 0 Å². The fourth-order valence-corrected chi connectivity index (χ4v) is 3.87. The van der Waals surface area contributed by atoms with Crippen molar-refractivity contribution in [3.05, 3.63) is 35.9 Å². The van der Waals surface area contributed by atoms with E-state index in [2.05, 4.69) is 36.4 Å². The van der Waals surface area contributed by atoms with E-state index in [4.69, 9.17) is 10.8 Å². The number of carboxylic acids is 1. The van der Waals surface area contributed by atoms with E-state index in [1.807, 2.05) is 18.2 Å². The Bertz CT molecular complexity index is 625. The normalized spacial score (nSPS) is 22.4. The molecule has 7 heteroatoms. The van der Waals surface area contributed by atoms with E-state index in [0.717, 1.165) is 25.7 Å². The Morgan fingerprint density at radius 1 is 1.12 bits per heavy atom. The summed E-state index contributed by atoms with van der Waals surface area (Å²) < 4.78 is 0. The summed E-state index contributed by atoms with van der Waals surface area (Å²) >= 11 is 0. The summed E-state index contributed by atoms with van der Waals surface area (Å²) in [5, 5.41) is 11.7. The maximum Gasteiger partial charge on any atom is 0.325 e. The van der Waals surface area contributed by atoms with Crippen molar-refractivity contribution in [2.45, 2.75) is 37.8 Å². The van der Waals surface area contributed by atoms with Gasteiger partial charge in [0.1, 0.15) is 0 Å². The van der Waals surface area contributed by atoms with Crippen molar-refractivity contribution in [1.82, 2.24) is 10.2 Å². The number of carboxylic acid groups (broad SMARTS) is 1. The van der Waals surface area contributed by atoms with Crippen molar-refractivity contribution < 1.29 is 19.5 Å². The Morgan fingerprint density at radius 3 is 2.15 bits per heavy atom. The molecule has 0 aromatic heterocycles. The number of rotatable bonds is 7.